The van der Waals surface area contributed by atoms with Crippen LogP contribution in [0.5, 0.6) is 5.75 Å². The van der Waals surface area contributed by atoms with E-state index in [0.717, 1.165) is 45.6 Å². The first-order chi connectivity index (χ1) is 17.9. The fourth-order valence-corrected chi connectivity index (χ4v) is 4.92. The van der Waals surface area contributed by atoms with E-state index in [2.05, 4.69) is 50.4 Å². The number of alkyl carbamates (subject to hydrolysis) is 1. The number of carbonyl (C=O) groups excluding carboxylic acids is 1. The van der Waals surface area contributed by atoms with Gasteiger partial charge in [0.2, 0.25) is 0 Å². The number of nitrogens with zero attached hydrogens (tertiary/aromatic N) is 1. The van der Waals surface area contributed by atoms with E-state index < -0.39 is 22.4 Å². The van der Waals surface area contributed by atoms with Gasteiger partial charge in [-0.25, -0.2) is 4.79 Å². The molecule has 1 heterocycles. The molecule has 0 aliphatic rings. The summed E-state index contributed by atoms with van der Waals surface area (Å²) in [5, 5.41) is 2.87. The third-order valence-corrected chi connectivity index (χ3v) is 6.95. The summed E-state index contributed by atoms with van der Waals surface area (Å²) in [7, 11) is -1.18. The monoisotopic (exact) mass is 536 g/mol. The molecule has 204 valence electrons. The summed E-state index contributed by atoms with van der Waals surface area (Å²) in [5.74, 6) is 0.944. The van der Waals surface area contributed by atoms with Crippen LogP contribution in [-0.4, -0.2) is 27.1 Å². The lowest BCUT2D eigenvalue weighted by Crippen LogP contribution is -2.40. The van der Waals surface area contributed by atoms with Crippen molar-refractivity contribution in [2.75, 3.05) is 6.26 Å². The first kappa shape index (κ1) is 29.4. The van der Waals surface area contributed by atoms with Crippen molar-refractivity contribution in [1.82, 2.24) is 10.3 Å². The van der Waals surface area contributed by atoms with Crippen LogP contribution >= 0.6 is 0 Å². The van der Waals surface area contributed by atoms with Crippen LogP contribution in [0.2, 0.25) is 0 Å². The van der Waals surface area contributed by atoms with Gasteiger partial charge in [0.25, 0.3) is 0 Å². The Morgan fingerprint density at radius 2 is 1.66 bits per heavy atom. The molecule has 0 radical (unpaired) electrons. The molecule has 6 nitrogen and oxygen atoms in total. The minimum absolute atomic E-state index is 0.0863. The molecule has 1 aromatic heterocycles. The molecule has 38 heavy (non-hydrogen) atoms. The molecule has 1 atom stereocenters. The van der Waals surface area contributed by atoms with Gasteiger partial charge in [0, 0.05) is 34.3 Å². The molecular formula is C31H40N2O4S. The van der Waals surface area contributed by atoms with Crippen LogP contribution in [-0.2, 0) is 35.2 Å². The first-order valence-corrected chi connectivity index (χ1v) is 14.5. The van der Waals surface area contributed by atoms with E-state index in [1.165, 1.54) is 0 Å². The number of rotatable bonds is 9. The fraction of sp³-hybridized carbons (Fsp3) is 0.419. The summed E-state index contributed by atoms with van der Waals surface area (Å²) in [6.07, 6.45) is 1.92. The lowest BCUT2D eigenvalue weighted by molar-refractivity contribution is 0.131. The van der Waals surface area contributed by atoms with Crippen LogP contribution in [0.4, 0.5) is 4.79 Å². The highest BCUT2D eigenvalue weighted by Gasteiger charge is 2.23. The van der Waals surface area contributed by atoms with Gasteiger partial charge in [0.1, 0.15) is 19.0 Å². The average molecular weight is 537 g/mol. The van der Waals surface area contributed by atoms with Crippen LogP contribution in [0.1, 0.15) is 62.7 Å². The van der Waals surface area contributed by atoms with Crippen molar-refractivity contribution in [3.8, 4) is 16.9 Å². The maximum absolute atomic E-state index is 12.6. The summed E-state index contributed by atoms with van der Waals surface area (Å²) in [5.41, 5.74) is 6.27. The minimum atomic E-state index is -1.18. The zero-order valence-corrected chi connectivity index (χ0v) is 24.6. The zero-order valence-electron chi connectivity index (χ0n) is 23.8. The molecule has 1 amide bonds. The predicted molar refractivity (Wildman–Crippen MR) is 154 cm³/mol. The van der Waals surface area contributed by atoms with Crippen molar-refractivity contribution in [2.45, 2.75) is 78.5 Å². The Morgan fingerprint density at radius 3 is 2.26 bits per heavy atom. The number of benzene rings is 2. The van der Waals surface area contributed by atoms with E-state index in [1.54, 1.807) is 6.26 Å². The number of aromatic nitrogens is 1. The average Bonchev–Trinajstić information content (AvgIpc) is 2.81. The molecule has 1 N–H and O–H groups in total. The highest BCUT2D eigenvalue weighted by atomic mass is 32.2. The van der Waals surface area contributed by atoms with Crippen molar-refractivity contribution >= 4 is 16.9 Å². The van der Waals surface area contributed by atoms with Gasteiger partial charge in [-0.05, 0) is 70.2 Å². The molecule has 1 unspecified atom stereocenters. The molecule has 0 saturated heterocycles. The summed E-state index contributed by atoms with van der Waals surface area (Å²) in [6.45, 7) is 14.4. The molecule has 0 aliphatic carbocycles. The van der Waals surface area contributed by atoms with Gasteiger partial charge in [0.15, 0.2) is 0 Å². The number of carbonyl (C=O) groups is 1. The number of aryl methyl sites for hydroxylation is 2. The lowest BCUT2D eigenvalue weighted by Gasteiger charge is -2.24. The van der Waals surface area contributed by atoms with Gasteiger partial charge in [-0.3, -0.25) is 9.19 Å². The van der Waals surface area contributed by atoms with Crippen LogP contribution < -0.4 is 10.1 Å². The van der Waals surface area contributed by atoms with Crippen LogP contribution in [0.25, 0.3) is 11.1 Å². The number of hydrogen-bond donors (Lipinski definition) is 1. The van der Waals surface area contributed by atoms with Crippen LogP contribution in [0.3, 0.4) is 0 Å². The Hall–Kier alpha value is -3.19. The third kappa shape index (κ3) is 7.90. The molecular weight excluding hydrogens is 496 g/mol. The Labute approximate surface area is 229 Å². The molecule has 2 aromatic carbocycles. The van der Waals surface area contributed by atoms with Crippen molar-refractivity contribution in [3.05, 3.63) is 76.6 Å². The first-order valence-electron chi connectivity index (χ1n) is 12.9. The van der Waals surface area contributed by atoms with Gasteiger partial charge in [-0.15, -0.1) is 0 Å². The fourth-order valence-electron chi connectivity index (χ4n) is 4.24. The molecule has 0 aliphatic heterocycles. The highest BCUT2D eigenvalue weighted by molar-refractivity contribution is 7.84. The number of hydrogen-bond acceptors (Lipinski definition) is 5. The molecule has 0 fully saturated rings. The van der Waals surface area contributed by atoms with E-state index in [0.29, 0.717) is 16.6 Å². The molecule has 0 saturated carbocycles. The van der Waals surface area contributed by atoms with E-state index in [1.807, 2.05) is 52.0 Å². The van der Waals surface area contributed by atoms with Crippen LogP contribution in [0.15, 0.2) is 53.4 Å². The minimum Gasteiger partial charge on any atom is -0.488 e. The molecule has 7 heteroatoms. The second-order valence-electron chi connectivity index (χ2n) is 11.1. The molecule has 0 spiro atoms. The number of pyridine rings is 1. The maximum atomic E-state index is 12.6. The summed E-state index contributed by atoms with van der Waals surface area (Å²) >= 11 is 0. The second-order valence-corrected chi connectivity index (χ2v) is 12.4. The Bertz CT molecular complexity index is 1290. The topological polar surface area (TPSA) is 77.5 Å². The van der Waals surface area contributed by atoms with Crippen LogP contribution in [0, 0.1) is 19.8 Å². The summed E-state index contributed by atoms with van der Waals surface area (Å²) < 4.78 is 24.3. The Morgan fingerprint density at radius 1 is 1.00 bits per heavy atom. The highest BCUT2D eigenvalue weighted by Crippen LogP contribution is 2.34. The van der Waals surface area contributed by atoms with E-state index in [-0.39, 0.29) is 13.2 Å². The van der Waals surface area contributed by atoms with E-state index in [4.69, 9.17) is 14.5 Å². The van der Waals surface area contributed by atoms with Crippen molar-refractivity contribution in [3.63, 3.8) is 0 Å². The van der Waals surface area contributed by atoms with E-state index >= 15 is 0 Å². The summed E-state index contributed by atoms with van der Waals surface area (Å²) in [4.78, 5) is 18.2. The van der Waals surface area contributed by atoms with Gasteiger partial charge >= 0.3 is 6.09 Å². The normalized spacial score (nSPS) is 12.3. The van der Waals surface area contributed by atoms with E-state index in [9.17, 15) is 9.00 Å². The predicted octanol–water partition coefficient (Wildman–Crippen LogP) is 6.91. The molecule has 3 rings (SSSR count). The maximum Gasteiger partial charge on any atom is 0.407 e. The van der Waals surface area contributed by atoms with Gasteiger partial charge < -0.3 is 14.8 Å². The standard InChI is InChI=1S/C31H40N2O4S/c1-20(2)17-26-25(19-37-30(34)33-31(5,6)7)29(23-15-13-21(3)14-16-23)24(22(4)32-26)18-36-27-11-9-10-12-28(27)38(8)35/h9-16,20H,17-19H2,1-8H3,(H,33,34). The van der Waals surface area contributed by atoms with Gasteiger partial charge in [-0.1, -0.05) is 55.8 Å². The largest absolute Gasteiger partial charge is 0.488 e. The SMILES string of the molecule is Cc1ccc(-c2c(COc3ccccc3S(C)=O)c(C)nc(CC(C)C)c2COC(=O)NC(C)(C)C)cc1. The van der Waals surface area contributed by atoms with Crippen molar-refractivity contribution in [1.29, 1.82) is 0 Å². The Balaban J connectivity index is 2.13. The quantitative estimate of drug-likeness (QED) is 0.322. The number of amides is 1. The van der Waals surface area contributed by atoms with Crippen molar-refractivity contribution < 1.29 is 18.5 Å². The summed E-state index contributed by atoms with van der Waals surface area (Å²) in [6, 6.07) is 15.7. The van der Waals surface area contributed by atoms with Gasteiger partial charge in [-0.2, -0.15) is 0 Å². The molecule has 3 aromatic rings. The Kier molecular flexibility index (Phi) is 9.71. The third-order valence-electron chi connectivity index (χ3n) is 5.99. The molecule has 0 bridgehead atoms. The number of para-hydroxylation sites is 1. The lowest BCUT2D eigenvalue weighted by atomic mass is 9.90. The van der Waals surface area contributed by atoms with Crippen molar-refractivity contribution in [2.24, 2.45) is 5.92 Å². The zero-order chi connectivity index (χ0) is 28.0. The van der Waals surface area contributed by atoms with Gasteiger partial charge in [0.05, 0.1) is 15.7 Å². The smallest absolute Gasteiger partial charge is 0.407 e. The second kappa shape index (κ2) is 12.6. The number of nitrogens with one attached hydrogen (secondary N) is 1. The number of ether oxygens (including phenoxy) is 2.